The molecule has 1 aliphatic heterocycles. The minimum absolute atomic E-state index is 0.0458. The van der Waals surface area contributed by atoms with Crippen LogP contribution in [0.3, 0.4) is 0 Å². The van der Waals surface area contributed by atoms with Gasteiger partial charge in [-0.3, -0.25) is 9.10 Å². The molecular formula is C23H20Cl2N2O5S. The first-order valence-corrected chi connectivity index (χ1v) is 12.2. The summed E-state index contributed by atoms with van der Waals surface area (Å²) < 4.78 is 39.1. The second kappa shape index (κ2) is 9.91. The summed E-state index contributed by atoms with van der Waals surface area (Å²) >= 11 is 12.1. The van der Waals surface area contributed by atoms with Crippen molar-refractivity contribution in [1.82, 2.24) is 5.32 Å². The highest BCUT2D eigenvalue weighted by Gasteiger charge is 2.28. The molecule has 0 fully saturated rings. The Hall–Kier alpha value is -2.94. The van der Waals surface area contributed by atoms with Crippen LogP contribution in [0, 0.1) is 0 Å². The van der Waals surface area contributed by atoms with Crippen LogP contribution in [-0.4, -0.2) is 40.1 Å². The molecule has 3 aromatic rings. The minimum Gasteiger partial charge on any atom is -0.486 e. The molecule has 0 saturated carbocycles. The summed E-state index contributed by atoms with van der Waals surface area (Å²) in [5, 5.41) is 3.17. The fourth-order valence-electron chi connectivity index (χ4n) is 3.25. The number of hydrogen-bond acceptors (Lipinski definition) is 5. The van der Waals surface area contributed by atoms with Crippen molar-refractivity contribution in [3.8, 4) is 11.5 Å². The highest BCUT2D eigenvalue weighted by molar-refractivity contribution is 7.92. The summed E-state index contributed by atoms with van der Waals surface area (Å²) in [4.78, 5) is 12.8. The summed E-state index contributed by atoms with van der Waals surface area (Å²) in [5.74, 6) is 0.718. The van der Waals surface area contributed by atoms with E-state index in [1.807, 2.05) is 12.1 Å². The topological polar surface area (TPSA) is 84.9 Å². The van der Waals surface area contributed by atoms with Gasteiger partial charge in [0.05, 0.1) is 27.2 Å². The molecule has 0 spiro atoms. The van der Waals surface area contributed by atoms with Crippen LogP contribution in [-0.2, 0) is 14.8 Å². The number of carbonyl (C=O) groups excluding carboxylic acids is 1. The van der Waals surface area contributed by atoms with Gasteiger partial charge in [0.15, 0.2) is 11.5 Å². The van der Waals surface area contributed by atoms with Crippen LogP contribution >= 0.6 is 23.2 Å². The molecule has 10 heteroatoms. The van der Waals surface area contributed by atoms with Gasteiger partial charge in [0.25, 0.3) is 10.0 Å². The molecule has 0 radical (unpaired) electrons. The molecule has 3 aromatic carbocycles. The molecule has 0 saturated heterocycles. The number of benzene rings is 3. The standard InChI is InChI=1S/C23H20Cl2N2O5S/c24-19-11-10-16(12-20(19)25)27(33(29,30)18-6-2-1-3-7-18)14-23(28)26-13-17-15-31-21-8-4-5-9-22(21)32-17/h1-12,17H,13-15H2,(H,26,28). The van der Waals surface area contributed by atoms with Crippen LogP contribution < -0.4 is 19.1 Å². The van der Waals surface area contributed by atoms with Gasteiger partial charge in [0.2, 0.25) is 5.91 Å². The molecule has 172 valence electrons. The maximum absolute atomic E-state index is 13.3. The maximum atomic E-state index is 13.3. The van der Waals surface area contributed by atoms with E-state index in [9.17, 15) is 13.2 Å². The van der Waals surface area contributed by atoms with Crippen molar-refractivity contribution in [3.63, 3.8) is 0 Å². The van der Waals surface area contributed by atoms with Crippen LogP contribution in [0.25, 0.3) is 0 Å². The van der Waals surface area contributed by atoms with Crippen LogP contribution in [0.2, 0.25) is 10.0 Å². The Morgan fingerprint density at radius 2 is 1.67 bits per heavy atom. The molecule has 33 heavy (non-hydrogen) atoms. The van der Waals surface area contributed by atoms with Crippen LogP contribution in [0.1, 0.15) is 0 Å². The van der Waals surface area contributed by atoms with Gasteiger partial charge in [0.1, 0.15) is 19.3 Å². The van der Waals surface area contributed by atoms with Gasteiger partial charge in [-0.25, -0.2) is 8.42 Å². The van der Waals surface area contributed by atoms with Crippen molar-refractivity contribution in [3.05, 3.63) is 82.8 Å². The first-order chi connectivity index (χ1) is 15.8. The lowest BCUT2D eigenvalue weighted by atomic mass is 10.2. The number of anilines is 1. The van der Waals surface area contributed by atoms with Crippen molar-refractivity contribution in [2.45, 2.75) is 11.0 Å². The molecular weight excluding hydrogens is 487 g/mol. The predicted molar refractivity (Wildman–Crippen MR) is 127 cm³/mol. The number of carbonyl (C=O) groups is 1. The Morgan fingerprint density at radius 3 is 2.39 bits per heavy atom. The van der Waals surface area contributed by atoms with E-state index < -0.39 is 28.6 Å². The Balaban J connectivity index is 1.50. The zero-order valence-electron chi connectivity index (χ0n) is 17.3. The molecule has 0 bridgehead atoms. The summed E-state index contributed by atoms with van der Waals surface area (Å²) in [5.41, 5.74) is 0.217. The van der Waals surface area contributed by atoms with Gasteiger partial charge in [-0.2, -0.15) is 0 Å². The number of amides is 1. The minimum atomic E-state index is -4.05. The van der Waals surface area contributed by atoms with Gasteiger partial charge in [-0.15, -0.1) is 0 Å². The highest BCUT2D eigenvalue weighted by atomic mass is 35.5. The smallest absolute Gasteiger partial charge is 0.264 e. The molecule has 7 nitrogen and oxygen atoms in total. The molecule has 1 unspecified atom stereocenters. The van der Waals surface area contributed by atoms with E-state index in [-0.39, 0.29) is 33.8 Å². The van der Waals surface area contributed by atoms with Crippen molar-refractivity contribution in [1.29, 1.82) is 0 Å². The quantitative estimate of drug-likeness (QED) is 0.520. The van der Waals surface area contributed by atoms with E-state index in [4.69, 9.17) is 32.7 Å². The first-order valence-electron chi connectivity index (χ1n) is 10.0. The van der Waals surface area contributed by atoms with Crippen molar-refractivity contribution >= 4 is 44.8 Å². The summed E-state index contributed by atoms with van der Waals surface area (Å²) in [6, 6.07) is 19.5. The molecule has 1 atom stereocenters. The van der Waals surface area contributed by atoms with Crippen molar-refractivity contribution in [2.24, 2.45) is 0 Å². The number of ether oxygens (including phenoxy) is 2. The average Bonchev–Trinajstić information content (AvgIpc) is 2.83. The third-order valence-electron chi connectivity index (χ3n) is 4.90. The van der Waals surface area contributed by atoms with Crippen molar-refractivity contribution < 1.29 is 22.7 Å². The molecule has 0 aromatic heterocycles. The average molecular weight is 507 g/mol. The zero-order chi connectivity index (χ0) is 23.4. The van der Waals surface area contributed by atoms with Crippen molar-refractivity contribution in [2.75, 3.05) is 24.0 Å². The molecule has 1 N–H and O–H groups in total. The summed E-state index contributed by atoms with van der Waals surface area (Å²) in [6.07, 6.45) is -0.409. The third-order valence-corrected chi connectivity index (χ3v) is 7.43. The normalized spacial score (nSPS) is 15.0. The maximum Gasteiger partial charge on any atom is 0.264 e. The molecule has 1 heterocycles. The largest absolute Gasteiger partial charge is 0.486 e. The second-order valence-corrected chi connectivity index (χ2v) is 9.90. The van der Waals surface area contributed by atoms with Gasteiger partial charge in [-0.1, -0.05) is 53.5 Å². The van der Waals surface area contributed by atoms with Gasteiger partial charge in [0, 0.05) is 0 Å². The van der Waals surface area contributed by atoms with Crippen LogP contribution in [0.5, 0.6) is 11.5 Å². The van der Waals surface area contributed by atoms with Gasteiger partial charge >= 0.3 is 0 Å². The van der Waals surface area contributed by atoms with Gasteiger partial charge < -0.3 is 14.8 Å². The molecule has 1 aliphatic rings. The Kier molecular flexibility index (Phi) is 6.97. The van der Waals surface area contributed by atoms with Crippen LogP contribution in [0.15, 0.2) is 77.7 Å². The first kappa shape index (κ1) is 23.2. The SMILES string of the molecule is O=C(CN(c1ccc(Cl)c(Cl)c1)S(=O)(=O)c1ccccc1)NCC1COc2ccccc2O1. The summed E-state index contributed by atoms with van der Waals surface area (Å²) in [7, 11) is -4.05. The number of halogens is 2. The lowest BCUT2D eigenvalue weighted by Crippen LogP contribution is -2.45. The lowest BCUT2D eigenvalue weighted by molar-refractivity contribution is -0.120. The van der Waals surface area contributed by atoms with E-state index in [2.05, 4.69) is 5.32 Å². The van der Waals surface area contributed by atoms with E-state index in [0.29, 0.717) is 11.5 Å². The van der Waals surface area contributed by atoms with E-state index in [0.717, 1.165) is 4.31 Å². The molecule has 4 rings (SSSR count). The second-order valence-electron chi connectivity index (χ2n) is 7.22. The zero-order valence-corrected chi connectivity index (χ0v) is 19.6. The Bertz CT molecular complexity index is 1250. The monoisotopic (exact) mass is 506 g/mol. The third kappa shape index (κ3) is 5.35. The molecule has 1 amide bonds. The Labute approximate surface area is 201 Å². The van der Waals surface area contributed by atoms with E-state index in [1.165, 1.54) is 30.3 Å². The number of nitrogens with one attached hydrogen (secondary N) is 1. The number of nitrogens with zero attached hydrogens (tertiary/aromatic N) is 1. The van der Waals surface area contributed by atoms with Gasteiger partial charge in [-0.05, 0) is 42.5 Å². The highest BCUT2D eigenvalue weighted by Crippen LogP contribution is 2.31. The fraction of sp³-hybridized carbons (Fsp3) is 0.174. The van der Waals surface area contributed by atoms with E-state index >= 15 is 0 Å². The predicted octanol–water partition coefficient (Wildman–Crippen LogP) is 4.14. The van der Waals surface area contributed by atoms with Crippen LogP contribution in [0.4, 0.5) is 5.69 Å². The number of fused-ring (bicyclic) bond motifs is 1. The van der Waals surface area contributed by atoms with E-state index in [1.54, 1.807) is 30.3 Å². The lowest BCUT2D eigenvalue weighted by Gasteiger charge is -2.27. The summed E-state index contributed by atoms with van der Waals surface area (Å²) in [6.45, 7) is -0.0523. The fourth-order valence-corrected chi connectivity index (χ4v) is 4.98. The number of hydrogen-bond donors (Lipinski definition) is 1. The number of para-hydroxylation sites is 2. The number of rotatable bonds is 7. The Morgan fingerprint density at radius 1 is 0.970 bits per heavy atom. The number of sulfonamides is 1. The molecule has 0 aliphatic carbocycles.